The molecule has 0 saturated carbocycles. The molecule has 2 N–H and O–H groups in total. The van der Waals surface area contributed by atoms with E-state index in [-0.39, 0.29) is 10.8 Å². The third-order valence-corrected chi connectivity index (χ3v) is 3.68. The highest BCUT2D eigenvalue weighted by Crippen LogP contribution is 2.28. The van der Waals surface area contributed by atoms with E-state index in [9.17, 15) is 0 Å². The molecule has 1 atom stereocenters. The van der Waals surface area contributed by atoms with Gasteiger partial charge in [0.2, 0.25) is 0 Å². The van der Waals surface area contributed by atoms with Crippen LogP contribution in [0.25, 0.3) is 0 Å². The predicted octanol–water partition coefficient (Wildman–Crippen LogP) is 3.13. The molecule has 0 radical (unpaired) electrons. The number of aromatic nitrogens is 1. The van der Waals surface area contributed by atoms with Crippen LogP contribution in [0.1, 0.15) is 38.4 Å². The van der Waals surface area contributed by atoms with Gasteiger partial charge in [0.15, 0.2) is 0 Å². The van der Waals surface area contributed by atoms with E-state index in [0.29, 0.717) is 6.54 Å². The first-order valence-electron chi connectivity index (χ1n) is 5.59. The summed E-state index contributed by atoms with van der Waals surface area (Å²) in [5, 5.41) is 3.30. The van der Waals surface area contributed by atoms with E-state index in [4.69, 9.17) is 5.73 Å². The van der Waals surface area contributed by atoms with Gasteiger partial charge in [-0.15, -0.1) is 17.9 Å². The Hall–Kier alpha value is -0.670. The molecule has 0 spiro atoms. The molecule has 0 saturated heterocycles. The fourth-order valence-corrected chi connectivity index (χ4v) is 2.53. The van der Waals surface area contributed by atoms with Crippen molar-refractivity contribution in [1.82, 2.24) is 4.98 Å². The van der Waals surface area contributed by atoms with Crippen molar-refractivity contribution in [3.05, 3.63) is 28.7 Å². The molecule has 0 amide bonds. The van der Waals surface area contributed by atoms with E-state index >= 15 is 0 Å². The summed E-state index contributed by atoms with van der Waals surface area (Å²) in [5.41, 5.74) is 7.02. The Morgan fingerprint density at radius 3 is 2.44 bits per heavy atom. The minimum absolute atomic E-state index is 0.0347. The van der Waals surface area contributed by atoms with Crippen LogP contribution in [0.15, 0.2) is 18.0 Å². The molecule has 0 aliphatic carbocycles. The second-order valence-electron chi connectivity index (χ2n) is 5.62. The average Bonchev–Trinajstić information content (AvgIpc) is 2.65. The van der Waals surface area contributed by atoms with Crippen LogP contribution in [-0.2, 0) is 11.8 Å². The molecule has 0 aromatic carbocycles. The summed E-state index contributed by atoms with van der Waals surface area (Å²) in [6.45, 7) is 13.1. The van der Waals surface area contributed by atoms with Gasteiger partial charge in [0.25, 0.3) is 0 Å². The van der Waals surface area contributed by atoms with Crippen molar-refractivity contribution in [1.29, 1.82) is 0 Å². The van der Waals surface area contributed by atoms with Gasteiger partial charge in [-0.25, -0.2) is 4.98 Å². The van der Waals surface area contributed by atoms with Crippen molar-refractivity contribution in [2.24, 2.45) is 11.1 Å². The number of nitrogens with two attached hydrogens (primary N) is 1. The fraction of sp³-hybridized carbons (Fsp3) is 0.615. The van der Waals surface area contributed by atoms with Crippen LogP contribution in [0, 0.1) is 5.41 Å². The molecule has 90 valence electrons. The smallest absolute Gasteiger partial charge is 0.0937 e. The number of rotatable bonds is 4. The van der Waals surface area contributed by atoms with Gasteiger partial charge in [-0.1, -0.05) is 33.8 Å². The molecular formula is C13H22N2S. The third kappa shape index (κ3) is 3.16. The molecule has 1 unspecified atom stereocenters. The van der Waals surface area contributed by atoms with Crippen molar-refractivity contribution in [2.45, 2.75) is 39.5 Å². The summed E-state index contributed by atoms with van der Waals surface area (Å²) in [4.78, 5) is 4.68. The van der Waals surface area contributed by atoms with E-state index in [0.717, 1.165) is 17.1 Å². The average molecular weight is 238 g/mol. The highest BCUT2D eigenvalue weighted by molar-refractivity contribution is 7.09. The number of thiazole rings is 1. The zero-order chi connectivity index (χ0) is 12.4. The van der Waals surface area contributed by atoms with E-state index in [1.165, 1.54) is 0 Å². The minimum Gasteiger partial charge on any atom is -0.330 e. The summed E-state index contributed by atoms with van der Waals surface area (Å²) < 4.78 is 0. The van der Waals surface area contributed by atoms with Gasteiger partial charge in [0.05, 0.1) is 10.7 Å². The molecule has 3 heteroatoms. The van der Waals surface area contributed by atoms with Gasteiger partial charge in [-0.05, 0) is 0 Å². The molecule has 0 aliphatic heterocycles. The lowest BCUT2D eigenvalue weighted by Gasteiger charge is -2.22. The van der Waals surface area contributed by atoms with Crippen LogP contribution < -0.4 is 5.73 Å². The van der Waals surface area contributed by atoms with E-state index in [1.54, 1.807) is 11.3 Å². The summed E-state index contributed by atoms with van der Waals surface area (Å²) >= 11 is 1.72. The molecule has 2 nitrogen and oxygen atoms in total. The highest BCUT2D eigenvalue weighted by Gasteiger charge is 2.23. The van der Waals surface area contributed by atoms with Gasteiger partial charge in [0.1, 0.15) is 0 Å². The highest BCUT2D eigenvalue weighted by atomic mass is 32.1. The first-order chi connectivity index (χ1) is 7.30. The first kappa shape index (κ1) is 13.4. The van der Waals surface area contributed by atoms with Gasteiger partial charge in [-0.3, -0.25) is 0 Å². The van der Waals surface area contributed by atoms with Gasteiger partial charge < -0.3 is 5.73 Å². The summed E-state index contributed by atoms with van der Waals surface area (Å²) in [7, 11) is 0. The molecule has 16 heavy (non-hydrogen) atoms. The molecule has 0 bridgehead atoms. The number of hydrogen-bond donors (Lipinski definition) is 1. The van der Waals surface area contributed by atoms with E-state index in [2.05, 4.69) is 44.6 Å². The Balaban J connectivity index is 2.84. The molecular weight excluding hydrogens is 216 g/mol. The maximum absolute atomic E-state index is 5.76. The van der Waals surface area contributed by atoms with Gasteiger partial charge in [-0.2, -0.15) is 0 Å². The Labute approximate surface area is 103 Å². The predicted molar refractivity (Wildman–Crippen MR) is 71.9 cm³/mol. The molecule has 0 fully saturated rings. The van der Waals surface area contributed by atoms with Crippen molar-refractivity contribution in [2.75, 3.05) is 6.54 Å². The summed E-state index contributed by atoms with van der Waals surface area (Å²) in [6, 6.07) is 0. The van der Waals surface area contributed by atoms with E-state index < -0.39 is 0 Å². The van der Waals surface area contributed by atoms with Crippen molar-refractivity contribution in [3.63, 3.8) is 0 Å². The molecule has 1 aromatic rings. The largest absolute Gasteiger partial charge is 0.330 e. The SMILES string of the molecule is C=CC(C)(CN)Cc1nc(C(C)(C)C)cs1. The topological polar surface area (TPSA) is 38.9 Å². The fourth-order valence-electron chi connectivity index (χ4n) is 1.31. The van der Waals surface area contributed by atoms with Crippen molar-refractivity contribution in [3.8, 4) is 0 Å². The first-order valence-corrected chi connectivity index (χ1v) is 6.47. The van der Waals surface area contributed by atoms with Crippen LogP contribution >= 0.6 is 11.3 Å². The molecule has 1 rings (SSSR count). The lowest BCUT2D eigenvalue weighted by atomic mass is 9.87. The zero-order valence-electron chi connectivity index (χ0n) is 10.7. The summed E-state index contributed by atoms with van der Waals surface area (Å²) in [6.07, 6.45) is 2.82. The van der Waals surface area contributed by atoms with Gasteiger partial charge in [0, 0.05) is 29.2 Å². The molecule has 1 aromatic heterocycles. The maximum atomic E-state index is 5.76. The molecule has 0 aliphatic rings. The van der Waals surface area contributed by atoms with Crippen LogP contribution in [0.2, 0.25) is 0 Å². The quantitative estimate of drug-likeness (QED) is 0.818. The zero-order valence-corrected chi connectivity index (χ0v) is 11.5. The number of nitrogens with zero attached hydrogens (tertiary/aromatic N) is 1. The van der Waals surface area contributed by atoms with Crippen LogP contribution in [0.4, 0.5) is 0 Å². The van der Waals surface area contributed by atoms with Crippen molar-refractivity contribution >= 4 is 11.3 Å². The van der Waals surface area contributed by atoms with E-state index in [1.807, 2.05) is 6.08 Å². The Morgan fingerprint density at radius 2 is 2.06 bits per heavy atom. The maximum Gasteiger partial charge on any atom is 0.0937 e. The second kappa shape index (κ2) is 4.68. The normalized spacial score (nSPS) is 15.8. The standard InChI is InChI=1S/C13H22N2S/c1-6-13(5,9-14)7-11-15-10(8-16-11)12(2,3)4/h6,8H,1,7,9,14H2,2-5H3. The summed E-state index contributed by atoms with van der Waals surface area (Å²) in [5.74, 6) is 0. The molecule has 1 heterocycles. The van der Waals surface area contributed by atoms with Gasteiger partial charge >= 0.3 is 0 Å². The lowest BCUT2D eigenvalue weighted by Crippen LogP contribution is -2.27. The Bertz CT molecular complexity index is 362. The third-order valence-electron chi connectivity index (χ3n) is 2.83. The Morgan fingerprint density at radius 1 is 1.44 bits per heavy atom. The Kier molecular flexibility index (Phi) is 3.92. The van der Waals surface area contributed by atoms with Crippen LogP contribution in [0.3, 0.4) is 0 Å². The van der Waals surface area contributed by atoms with Crippen LogP contribution in [0.5, 0.6) is 0 Å². The van der Waals surface area contributed by atoms with Crippen molar-refractivity contribution < 1.29 is 0 Å². The lowest BCUT2D eigenvalue weighted by molar-refractivity contribution is 0.436. The number of hydrogen-bond acceptors (Lipinski definition) is 3. The van der Waals surface area contributed by atoms with Crippen LogP contribution in [-0.4, -0.2) is 11.5 Å². The monoisotopic (exact) mass is 238 g/mol. The minimum atomic E-state index is -0.0347. The second-order valence-corrected chi connectivity index (χ2v) is 6.56.